The van der Waals surface area contributed by atoms with Gasteiger partial charge in [0.15, 0.2) is 0 Å². The Labute approximate surface area is 130 Å². The van der Waals surface area contributed by atoms with Gasteiger partial charge in [-0.2, -0.15) is 5.10 Å². The molecule has 0 saturated heterocycles. The molecular formula is C18H19N3O. The van der Waals surface area contributed by atoms with E-state index in [4.69, 9.17) is 0 Å². The second kappa shape index (κ2) is 6.12. The van der Waals surface area contributed by atoms with Gasteiger partial charge in [0, 0.05) is 23.5 Å². The number of pyridine rings is 1. The van der Waals surface area contributed by atoms with Crippen molar-refractivity contribution in [1.29, 1.82) is 0 Å². The number of nitrogens with zero attached hydrogens (tertiary/aromatic N) is 3. The van der Waals surface area contributed by atoms with Crippen LogP contribution in [-0.4, -0.2) is 26.5 Å². The van der Waals surface area contributed by atoms with E-state index in [9.17, 15) is 5.11 Å². The van der Waals surface area contributed by atoms with E-state index in [2.05, 4.69) is 41.3 Å². The van der Waals surface area contributed by atoms with Crippen LogP contribution >= 0.6 is 0 Å². The van der Waals surface area contributed by atoms with Crippen LogP contribution in [0.4, 0.5) is 0 Å². The van der Waals surface area contributed by atoms with Crippen LogP contribution in [0.25, 0.3) is 22.4 Å². The maximum atomic E-state index is 9.31. The number of benzene rings is 1. The van der Waals surface area contributed by atoms with Crippen molar-refractivity contribution >= 4 is 0 Å². The predicted molar refractivity (Wildman–Crippen MR) is 87.5 cm³/mol. The maximum absolute atomic E-state index is 9.31. The summed E-state index contributed by atoms with van der Waals surface area (Å²) in [5, 5.41) is 13.8. The highest BCUT2D eigenvalue weighted by molar-refractivity contribution is 5.82. The Morgan fingerprint density at radius 1 is 1.09 bits per heavy atom. The molecule has 3 aromatic rings. The molecular weight excluding hydrogens is 274 g/mol. The number of aliphatic hydroxyl groups excluding tert-OH is 1. The Balaban J connectivity index is 2.22. The fraction of sp³-hybridized carbons (Fsp3) is 0.222. The molecule has 0 radical (unpaired) electrons. The Bertz CT molecular complexity index is 793. The third kappa shape index (κ3) is 2.65. The number of aryl methyl sites for hydroxylation is 2. The minimum absolute atomic E-state index is 0.0616. The van der Waals surface area contributed by atoms with E-state index < -0.39 is 0 Å². The summed E-state index contributed by atoms with van der Waals surface area (Å²) >= 11 is 0. The highest BCUT2D eigenvalue weighted by Crippen LogP contribution is 2.33. The molecule has 0 saturated carbocycles. The van der Waals surface area contributed by atoms with Crippen LogP contribution in [0.15, 0.2) is 48.9 Å². The van der Waals surface area contributed by atoms with Gasteiger partial charge in [0.1, 0.15) is 0 Å². The van der Waals surface area contributed by atoms with Gasteiger partial charge in [-0.15, -0.1) is 0 Å². The summed E-state index contributed by atoms with van der Waals surface area (Å²) in [5.41, 5.74) is 6.64. The molecule has 0 spiro atoms. The van der Waals surface area contributed by atoms with Gasteiger partial charge in [-0.1, -0.05) is 29.8 Å². The van der Waals surface area contributed by atoms with Gasteiger partial charge in [-0.3, -0.25) is 9.67 Å². The summed E-state index contributed by atoms with van der Waals surface area (Å²) in [4.78, 5) is 4.17. The van der Waals surface area contributed by atoms with Crippen molar-refractivity contribution in [2.24, 2.45) is 0 Å². The van der Waals surface area contributed by atoms with Crippen molar-refractivity contribution in [3.8, 4) is 22.4 Å². The Hall–Kier alpha value is -2.46. The number of hydrogen-bond acceptors (Lipinski definition) is 3. The third-order valence-corrected chi connectivity index (χ3v) is 3.76. The largest absolute Gasteiger partial charge is 0.394 e. The van der Waals surface area contributed by atoms with E-state index in [0.29, 0.717) is 6.54 Å². The molecule has 0 aliphatic heterocycles. The van der Waals surface area contributed by atoms with Crippen LogP contribution < -0.4 is 0 Å². The van der Waals surface area contributed by atoms with Crippen LogP contribution in [0, 0.1) is 13.8 Å². The minimum Gasteiger partial charge on any atom is -0.394 e. The van der Waals surface area contributed by atoms with Crippen LogP contribution in [0.3, 0.4) is 0 Å². The molecule has 1 aromatic carbocycles. The van der Waals surface area contributed by atoms with Gasteiger partial charge in [0.2, 0.25) is 0 Å². The zero-order valence-electron chi connectivity index (χ0n) is 12.8. The normalized spacial score (nSPS) is 10.9. The highest BCUT2D eigenvalue weighted by atomic mass is 16.3. The number of aromatic nitrogens is 3. The molecule has 2 aromatic heterocycles. The standard InChI is InChI=1S/C18H19N3O/c1-13-4-3-5-15(10-13)17-12-20-21(8-9-22)18(17)16-6-7-19-11-14(16)2/h3-7,10-12,22H,8-9H2,1-2H3. The van der Waals surface area contributed by atoms with Crippen molar-refractivity contribution in [3.05, 3.63) is 60.0 Å². The SMILES string of the molecule is Cc1cccc(-c2cnn(CCO)c2-c2ccncc2C)c1. The van der Waals surface area contributed by atoms with Crippen LogP contribution in [-0.2, 0) is 6.54 Å². The van der Waals surface area contributed by atoms with Gasteiger partial charge in [0.25, 0.3) is 0 Å². The van der Waals surface area contributed by atoms with E-state index in [0.717, 1.165) is 27.9 Å². The number of hydrogen-bond donors (Lipinski definition) is 1. The lowest BCUT2D eigenvalue weighted by molar-refractivity contribution is 0.270. The summed E-state index contributed by atoms with van der Waals surface area (Å²) < 4.78 is 1.86. The third-order valence-electron chi connectivity index (χ3n) is 3.76. The Morgan fingerprint density at radius 2 is 1.95 bits per heavy atom. The predicted octanol–water partition coefficient (Wildman–Crippen LogP) is 3.22. The molecule has 112 valence electrons. The van der Waals surface area contributed by atoms with Gasteiger partial charge in [-0.25, -0.2) is 0 Å². The molecule has 0 fully saturated rings. The summed E-state index contributed by atoms with van der Waals surface area (Å²) in [5.74, 6) is 0. The lowest BCUT2D eigenvalue weighted by atomic mass is 9.98. The molecule has 0 bridgehead atoms. The van der Waals surface area contributed by atoms with Crippen molar-refractivity contribution in [2.45, 2.75) is 20.4 Å². The van der Waals surface area contributed by atoms with Crippen LogP contribution in [0.5, 0.6) is 0 Å². The molecule has 0 aliphatic carbocycles. The average Bonchev–Trinajstić information content (AvgIpc) is 2.92. The molecule has 0 unspecified atom stereocenters. The fourth-order valence-corrected chi connectivity index (χ4v) is 2.70. The fourth-order valence-electron chi connectivity index (χ4n) is 2.70. The molecule has 4 nitrogen and oxygen atoms in total. The van der Waals surface area contributed by atoms with E-state index >= 15 is 0 Å². The monoisotopic (exact) mass is 293 g/mol. The summed E-state index contributed by atoms with van der Waals surface area (Å²) in [6.07, 6.45) is 5.52. The van der Waals surface area contributed by atoms with E-state index in [1.807, 2.05) is 30.1 Å². The van der Waals surface area contributed by atoms with Crippen LogP contribution in [0.1, 0.15) is 11.1 Å². The topological polar surface area (TPSA) is 50.9 Å². The molecule has 0 amide bonds. The summed E-state index contributed by atoms with van der Waals surface area (Å²) in [6, 6.07) is 10.4. The zero-order chi connectivity index (χ0) is 15.5. The highest BCUT2D eigenvalue weighted by Gasteiger charge is 2.16. The number of aliphatic hydroxyl groups is 1. The van der Waals surface area contributed by atoms with Crippen molar-refractivity contribution in [2.75, 3.05) is 6.61 Å². The van der Waals surface area contributed by atoms with Gasteiger partial charge < -0.3 is 5.11 Å². The lowest BCUT2D eigenvalue weighted by Gasteiger charge is -2.11. The molecule has 0 atom stereocenters. The van der Waals surface area contributed by atoms with Crippen LogP contribution in [0.2, 0.25) is 0 Å². The maximum Gasteiger partial charge on any atom is 0.0765 e. The first-order valence-electron chi connectivity index (χ1n) is 7.35. The second-order valence-electron chi connectivity index (χ2n) is 5.41. The smallest absolute Gasteiger partial charge is 0.0765 e. The van der Waals surface area contributed by atoms with Crippen molar-refractivity contribution in [1.82, 2.24) is 14.8 Å². The van der Waals surface area contributed by atoms with Gasteiger partial charge in [-0.05, 0) is 31.0 Å². The average molecular weight is 293 g/mol. The summed E-state index contributed by atoms with van der Waals surface area (Å²) in [7, 11) is 0. The number of rotatable bonds is 4. The first-order valence-corrected chi connectivity index (χ1v) is 7.35. The van der Waals surface area contributed by atoms with E-state index in [1.54, 1.807) is 6.20 Å². The van der Waals surface area contributed by atoms with Gasteiger partial charge >= 0.3 is 0 Å². The Morgan fingerprint density at radius 3 is 2.68 bits per heavy atom. The quantitative estimate of drug-likeness (QED) is 0.803. The van der Waals surface area contributed by atoms with E-state index in [1.165, 1.54) is 5.56 Å². The first kappa shape index (κ1) is 14.5. The van der Waals surface area contributed by atoms with Crippen molar-refractivity contribution < 1.29 is 5.11 Å². The zero-order valence-corrected chi connectivity index (χ0v) is 12.8. The molecule has 3 rings (SSSR count). The molecule has 0 aliphatic rings. The van der Waals surface area contributed by atoms with E-state index in [-0.39, 0.29) is 6.61 Å². The molecule has 2 heterocycles. The summed E-state index contributed by atoms with van der Waals surface area (Å²) in [6.45, 7) is 4.66. The van der Waals surface area contributed by atoms with Gasteiger partial charge in [0.05, 0.1) is 25.0 Å². The molecule has 1 N–H and O–H groups in total. The Kier molecular flexibility index (Phi) is 4.02. The molecule has 4 heteroatoms. The van der Waals surface area contributed by atoms with Crippen molar-refractivity contribution in [3.63, 3.8) is 0 Å². The second-order valence-corrected chi connectivity index (χ2v) is 5.41. The first-order chi connectivity index (χ1) is 10.7. The minimum atomic E-state index is 0.0616. The lowest BCUT2D eigenvalue weighted by Crippen LogP contribution is -2.06. The molecule has 22 heavy (non-hydrogen) atoms.